The highest BCUT2D eigenvalue weighted by atomic mass is 16.4. The molecule has 6 heteroatoms. The molecule has 1 saturated heterocycles. The molecule has 1 aliphatic rings. The van der Waals surface area contributed by atoms with Crippen molar-refractivity contribution >= 4 is 11.9 Å². The number of nitrogens with zero attached hydrogens (tertiary/aromatic N) is 1. The summed E-state index contributed by atoms with van der Waals surface area (Å²) in [5.74, 6) is -1.29. The fraction of sp³-hybridized carbons (Fsp3) is 0.833. The molecule has 0 spiro atoms. The Balaban J connectivity index is 2.71. The maximum absolute atomic E-state index is 12.0. The Morgan fingerprint density at radius 2 is 1.61 bits per heavy atom. The summed E-state index contributed by atoms with van der Waals surface area (Å²) in [6.07, 6.45) is -1.20. The van der Waals surface area contributed by atoms with Crippen molar-refractivity contribution in [2.45, 2.75) is 45.3 Å². The summed E-state index contributed by atoms with van der Waals surface area (Å²) >= 11 is 0. The van der Waals surface area contributed by atoms with Gasteiger partial charge in [-0.3, -0.25) is 9.59 Å². The quantitative estimate of drug-likeness (QED) is 0.637. The molecule has 6 nitrogen and oxygen atoms in total. The van der Waals surface area contributed by atoms with Crippen LogP contribution in [0.5, 0.6) is 0 Å². The summed E-state index contributed by atoms with van der Waals surface area (Å²) in [4.78, 5) is 24.6. The highest BCUT2D eigenvalue weighted by molar-refractivity contribution is 5.85. The van der Waals surface area contributed by atoms with E-state index < -0.39 is 23.6 Å². The van der Waals surface area contributed by atoms with Gasteiger partial charge in [-0.1, -0.05) is 13.8 Å². The van der Waals surface area contributed by atoms with E-state index in [4.69, 9.17) is 0 Å². The van der Waals surface area contributed by atoms with Crippen molar-refractivity contribution in [1.82, 2.24) is 4.90 Å². The molecule has 18 heavy (non-hydrogen) atoms. The van der Waals surface area contributed by atoms with Crippen LogP contribution < -0.4 is 0 Å². The molecule has 0 aromatic heterocycles. The minimum absolute atomic E-state index is 0.0725. The number of carboxylic acids is 1. The van der Waals surface area contributed by atoms with Gasteiger partial charge < -0.3 is 20.2 Å². The third-order valence-corrected chi connectivity index (χ3v) is 3.91. The number of aliphatic hydroxyl groups excluding tert-OH is 2. The molecule has 0 unspecified atom stereocenters. The van der Waals surface area contributed by atoms with E-state index in [1.54, 1.807) is 13.8 Å². The molecule has 1 aliphatic heterocycles. The third kappa shape index (κ3) is 2.81. The normalized spacial score (nSPS) is 24.3. The van der Waals surface area contributed by atoms with Gasteiger partial charge >= 0.3 is 5.97 Å². The number of carboxylic acid groups (broad SMARTS) is 1. The number of aliphatic carboxylic acids is 1. The molecule has 1 heterocycles. The van der Waals surface area contributed by atoms with Crippen LogP contribution in [0.1, 0.15) is 33.1 Å². The first-order valence-electron chi connectivity index (χ1n) is 6.23. The highest BCUT2D eigenvalue weighted by Crippen LogP contribution is 2.32. The minimum Gasteiger partial charge on any atom is -0.481 e. The van der Waals surface area contributed by atoms with Crippen LogP contribution >= 0.6 is 0 Å². The van der Waals surface area contributed by atoms with Gasteiger partial charge in [0.15, 0.2) is 0 Å². The first-order valence-corrected chi connectivity index (χ1v) is 6.23. The number of likely N-dealkylation sites (tertiary alicyclic amines) is 1. The molecule has 0 aliphatic carbocycles. The van der Waals surface area contributed by atoms with Crippen molar-refractivity contribution in [2.24, 2.45) is 5.41 Å². The molecular formula is C12H21NO5. The van der Waals surface area contributed by atoms with Gasteiger partial charge in [0.25, 0.3) is 0 Å². The molecule has 0 radical (unpaired) electrons. The standard InChI is InChI=1S/C12H21NO5/c1-3-12(4-2,11(17)18)5-10(16)13-6-8(14)9(15)7-13/h8-9,14-15H,3-7H2,1-2H3,(H,17,18)/t8-,9+. The molecule has 1 rings (SSSR count). The number of hydrogen-bond donors (Lipinski definition) is 3. The lowest BCUT2D eigenvalue weighted by Gasteiger charge is -2.28. The molecular weight excluding hydrogens is 238 g/mol. The second-order valence-corrected chi connectivity index (χ2v) is 4.90. The van der Waals surface area contributed by atoms with Crippen molar-refractivity contribution < 1.29 is 24.9 Å². The summed E-state index contributed by atoms with van der Waals surface area (Å²) < 4.78 is 0. The van der Waals surface area contributed by atoms with Gasteiger partial charge in [0, 0.05) is 19.5 Å². The SMILES string of the molecule is CCC(CC)(CC(=O)N1C[C@@H](O)[C@@H](O)C1)C(=O)O. The number of amides is 1. The Hall–Kier alpha value is -1.14. The van der Waals surface area contributed by atoms with Gasteiger partial charge in [-0.2, -0.15) is 0 Å². The van der Waals surface area contributed by atoms with E-state index in [2.05, 4.69) is 0 Å². The van der Waals surface area contributed by atoms with E-state index in [0.717, 1.165) is 0 Å². The van der Waals surface area contributed by atoms with Crippen molar-refractivity contribution in [3.63, 3.8) is 0 Å². The van der Waals surface area contributed by atoms with Gasteiger partial charge in [0.2, 0.25) is 5.91 Å². The number of rotatable bonds is 5. The topological polar surface area (TPSA) is 98.1 Å². The number of β-amino-alcohol motifs (C(OH)–C–C–N with tert-alkyl or cyclic N) is 2. The van der Waals surface area contributed by atoms with Crippen LogP contribution in [-0.2, 0) is 9.59 Å². The Bertz CT molecular complexity index is 316. The highest BCUT2D eigenvalue weighted by Gasteiger charge is 2.40. The fourth-order valence-corrected chi connectivity index (χ4v) is 2.25. The molecule has 0 bridgehead atoms. The van der Waals surface area contributed by atoms with Crippen LogP contribution in [0, 0.1) is 5.41 Å². The Morgan fingerprint density at radius 3 is 1.94 bits per heavy atom. The lowest BCUT2D eigenvalue weighted by molar-refractivity contribution is -0.154. The first-order chi connectivity index (χ1) is 8.36. The van der Waals surface area contributed by atoms with Crippen molar-refractivity contribution in [1.29, 1.82) is 0 Å². The van der Waals surface area contributed by atoms with Gasteiger partial charge in [0.05, 0.1) is 17.6 Å². The van der Waals surface area contributed by atoms with Crippen LogP contribution in [0.25, 0.3) is 0 Å². The zero-order valence-corrected chi connectivity index (χ0v) is 10.8. The fourth-order valence-electron chi connectivity index (χ4n) is 2.25. The predicted molar refractivity (Wildman–Crippen MR) is 63.9 cm³/mol. The predicted octanol–water partition coefficient (Wildman–Crippen LogP) is -0.169. The molecule has 2 atom stereocenters. The van der Waals surface area contributed by atoms with E-state index in [-0.39, 0.29) is 25.4 Å². The Morgan fingerprint density at radius 1 is 1.17 bits per heavy atom. The molecule has 0 aromatic carbocycles. The van der Waals surface area contributed by atoms with E-state index >= 15 is 0 Å². The van der Waals surface area contributed by atoms with E-state index in [0.29, 0.717) is 12.8 Å². The lowest BCUT2D eigenvalue weighted by atomic mass is 9.79. The summed E-state index contributed by atoms with van der Waals surface area (Å²) in [7, 11) is 0. The van der Waals surface area contributed by atoms with Crippen molar-refractivity contribution in [2.75, 3.05) is 13.1 Å². The van der Waals surface area contributed by atoms with E-state index in [9.17, 15) is 24.9 Å². The Labute approximate surface area is 106 Å². The Kier molecular flexibility index (Phi) is 4.70. The maximum atomic E-state index is 12.0. The summed E-state index contributed by atoms with van der Waals surface area (Å²) in [5.41, 5.74) is -1.05. The zero-order valence-electron chi connectivity index (χ0n) is 10.8. The van der Waals surface area contributed by atoms with E-state index in [1.165, 1.54) is 4.90 Å². The zero-order chi connectivity index (χ0) is 13.9. The van der Waals surface area contributed by atoms with Crippen LogP contribution in [-0.4, -0.2) is 57.4 Å². The van der Waals surface area contributed by atoms with Crippen LogP contribution in [0.3, 0.4) is 0 Å². The van der Waals surface area contributed by atoms with Crippen LogP contribution in [0.15, 0.2) is 0 Å². The largest absolute Gasteiger partial charge is 0.481 e. The van der Waals surface area contributed by atoms with Gasteiger partial charge in [-0.15, -0.1) is 0 Å². The first kappa shape index (κ1) is 14.9. The number of hydrogen-bond acceptors (Lipinski definition) is 4. The number of carbonyl (C=O) groups excluding carboxylic acids is 1. The van der Waals surface area contributed by atoms with Crippen molar-refractivity contribution in [3.8, 4) is 0 Å². The molecule has 1 amide bonds. The average Bonchev–Trinajstić information content (AvgIpc) is 2.66. The molecule has 1 fully saturated rings. The number of carbonyl (C=O) groups is 2. The third-order valence-electron chi connectivity index (χ3n) is 3.91. The molecule has 104 valence electrons. The monoisotopic (exact) mass is 259 g/mol. The van der Waals surface area contributed by atoms with E-state index in [1.807, 2.05) is 0 Å². The number of aliphatic hydroxyl groups is 2. The van der Waals surface area contributed by atoms with Crippen molar-refractivity contribution in [3.05, 3.63) is 0 Å². The second kappa shape index (κ2) is 5.67. The second-order valence-electron chi connectivity index (χ2n) is 4.90. The molecule has 0 saturated carbocycles. The van der Waals surface area contributed by atoms with Crippen LogP contribution in [0.2, 0.25) is 0 Å². The minimum atomic E-state index is -1.05. The summed E-state index contributed by atoms with van der Waals surface area (Å²) in [6.45, 7) is 3.64. The lowest BCUT2D eigenvalue weighted by Crippen LogP contribution is -2.39. The van der Waals surface area contributed by atoms with Gasteiger partial charge in [0.1, 0.15) is 0 Å². The summed E-state index contributed by atoms with van der Waals surface area (Å²) in [5, 5.41) is 28.0. The average molecular weight is 259 g/mol. The molecule has 0 aromatic rings. The smallest absolute Gasteiger partial charge is 0.310 e. The van der Waals surface area contributed by atoms with Crippen LogP contribution in [0.4, 0.5) is 0 Å². The molecule has 3 N–H and O–H groups in total. The maximum Gasteiger partial charge on any atom is 0.310 e. The van der Waals surface area contributed by atoms with Gasteiger partial charge in [-0.25, -0.2) is 0 Å². The van der Waals surface area contributed by atoms with Gasteiger partial charge in [-0.05, 0) is 12.8 Å². The summed E-state index contributed by atoms with van der Waals surface area (Å²) in [6, 6.07) is 0.